The monoisotopic (exact) mass is 350 g/mol. The van der Waals surface area contributed by atoms with E-state index in [9.17, 15) is 13.2 Å². The van der Waals surface area contributed by atoms with E-state index in [2.05, 4.69) is 45.9 Å². The van der Waals surface area contributed by atoms with Gasteiger partial charge in [-0.15, -0.1) is 13.2 Å². The van der Waals surface area contributed by atoms with Gasteiger partial charge in [0.25, 0.3) is 0 Å². The molecule has 0 saturated heterocycles. The summed E-state index contributed by atoms with van der Waals surface area (Å²) < 4.78 is 40.5. The number of halogens is 3. The van der Waals surface area contributed by atoms with Gasteiger partial charge in [0, 0.05) is 0 Å². The van der Waals surface area contributed by atoms with Crippen molar-refractivity contribution in [3.8, 4) is 0 Å². The summed E-state index contributed by atoms with van der Waals surface area (Å²) in [5, 5.41) is 0. The normalized spacial score (nSPS) is 17.6. The van der Waals surface area contributed by atoms with Crippen molar-refractivity contribution in [2.75, 3.05) is 0 Å². The molecule has 0 bridgehead atoms. The molecule has 0 rings (SSSR count). The molecule has 0 spiro atoms. The molecule has 0 aromatic carbocycles. The van der Waals surface area contributed by atoms with Crippen molar-refractivity contribution in [1.29, 1.82) is 0 Å². The van der Waals surface area contributed by atoms with Crippen LogP contribution in [0.5, 0.6) is 0 Å². The molecule has 0 aliphatic heterocycles. The van der Waals surface area contributed by atoms with Crippen LogP contribution in [0.25, 0.3) is 0 Å². The highest BCUT2D eigenvalue weighted by molar-refractivity contribution is 4.99. The Morgan fingerprint density at radius 2 is 1.38 bits per heavy atom. The van der Waals surface area contributed by atoms with Crippen LogP contribution in [0.3, 0.4) is 0 Å². The highest BCUT2D eigenvalue weighted by atomic mass is 19.4. The van der Waals surface area contributed by atoms with E-state index in [-0.39, 0.29) is 5.92 Å². The zero-order valence-corrected chi connectivity index (χ0v) is 16.4. The third-order valence-electron chi connectivity index (χ3n) is 5.13. The molecule has 0 aromatic heterocycles. The second-order valence-electron chi connectivity index (χ2n) is 7.98. The average Bonchev–Trinajstić information content (AvgIpc) is 2.45. The molecule has 0 amide bonds. The Bertz CT molecular complexity index is 349. The maximum absolute atomic E-state index is 12.1. The average molecular weight is 351 g/mol. The Labute approximate surface area is 147 Å². The van der Waals surface area contributed by atoms with E-state index >= 15 is 0 Å². The van der Waals surface area contributed by atoms with Gasteiger partial charge in [0.2, 0.25) is 0 Å². The van der Waals surface area contributed by atoms with Crippen molar-refractivity contribution in [3.63, 3.8) is 0 Å². The first-order chi connectivity index (χ1) is 10.9. The first-order valence-corrected chi connectivity index (χ1v) is 9.34. The summed E-state index contributed by atoms with van der Waals surface area (Å²) in [6, 6.07) is 0. The van der Waals surface area contributed by atoms with Gasteiger partial charge in [0.1, 0.15) is 0 Å². The first kappa shape index (κ1) is 23.5. The Hall–Kier alpha value is -0.510. The fraction of sp³-hybridized carbons (Fsp3) is 0.900. The summed E-state index contributed by atoms with van der Waals surface area (Å²) in [6.07, 6.45) is 0.344. The summed E-state index contributed by atoms with van der Waals surface area (Å²) >= 11 is 0. The molecule has 144 valence electrons. The number of alkyl halides is 3. The predicted octanol–water partition coefficient (Wildman–Crippen LogP) is 7.37. The second-order valence-corrected chi connectivity index (χ2v) is 7.98. The van der Waals surface area contributed by atoms with Crippen LogP contribution in [0.4, 0.5) is 13.2 Å². The van der Waals surface area contributed by atoms with Crippen molar-refractivity contribution in [2.24, 2.45) is 23.7 Å². The zero-order chi connectivity index (χ0) is 18.9. The summed E-state index contributed by atoms with van der Waals surface area (Å²) in [5.41, 5.74) is 1.15. The molecule has 0 aliphatic rings. The molecule has 1 nitrogen and oxygen atoms in total. The van der Waals surface area contributed by atoms with Gasteiger partial charge in [-0.25, -0.2) is 0 Å². The smallest absolute Gasteiger partial charge is 0.289 e. The van der Waals surface area contributed by atoms with Crippen molar-refractivity contribution >= 4 is 0 Å². The van der Waals surface area contributed by atoms with Crippen molar-refractivity contribution in [3.05, 3.63) is 12.2 Å². The highest BCUT2D eigenvalue weighted by Gasteiger charge is 2.31. The Morgan fingerprint density at radius 3 is 1.88 bits per heavy atom. The van der Waals surface area contributed by atoms with Crippen LogP contribution >= 0.6 is 0 Å². The van der Waals surface area contributed by atoms with E-state index in [1.165, 1.54) is 19.8 Å². The molecule has 0 N–H and O–H groups in total. The molecule has 0 aliphatic carbocycles. The molecule has 0 saturated carbocycles. The lowest BCUT2D eigenvalue weighted by molar-refractivity contribution is -0.341. The third kappa shape index (κ3) is 11.9. The van der Waals surface area contributed by atoms with Crippen LogP contribution < -0.4 is 0 Å². The van der Waals surface area contributed by atoms with Gasteiger partial charge in [-0.2, -0.15) is 0 Å². The lowest BCUT2D eigenvalue weighted by atomic mass is 9.83. The third-order valence-corrected chi connectivity index (χ3v) is 5.13. The minimum absolute atomic E-state index is 0.238. The van der Waals surface area contributed by atoms with Crippen LogP contribution in [-0.2, 0) is 4.74 Å². The molecular formula is C20H37F3O. The summed E-state index contributed by atoms with van der Waals surface area (Å²) in [6.45, 7) is 16.8. The van der Waals surface area contributed by atoms with Crippen molar-refractivity contribution < 1.29 is 17.9 Å². The van der Waals surface area contributed by atoms with Gasteiger partial charge in [-0.05, 0) is 56.3 Å². The van der Waals surface area contributed by atoms with E-state index in [1.807, 2.05) is 0 Å². The number of ether oxygens (including phenoxy) is 1. The molecule has 24 heavy (non-hydrogen) atoms. The van der Waals surface area contributed by atoms with Crippen LogP contribution in [0, 0.1) is 23.7 Å². The van der Waals surface area contributed by atoms with Crippen LogP contribution in [-0.4, -0.2) is 12.5 Å². The standard InChI is InChI=1S/C20H37F3O/c1-14(2)8-9-15(3)16(4)10-11-17(5)18(6)12-13-19(7)24-20(21,22)23/h14-16,18-19H,5,8-13H2,1-4,6-7H3. The van der Waals surface area contributed by atoms with Gasteiger partial charge in [0.05, 0.1) is 6.10 Å². The fourth-order valence-corrected chi connectivity index (χ4v) is 2.80. The van der Waals surface area contributed by atoms with Crippen LogP contribution in [0.2, 0.25) is 0 Å². The zero-order valence-electron chi connectivity index (χ0n) is 16.4. The Morgan fingerprint density at radius 1 is 0.833 bits per heavy atom. The lowest BCUT2D eigenvalue weighted by Crippen LogP contribution is -2.22. The molecule has 4 atom stereocenters. The Kier molecular flexibility index (Phi) is 10.9. The number of allylic oxidation sites excluding steroid dienone is 1. The molecule has 0 fully saturated rings. The van der Waals surface area contributed by atoms with Gasteiger partial charge in [-0.3, -0.25) is 4.74 Å². The highest BCUT2D eigenvalue weighted by Crippen LogP contribution is 2.28. The maximum Gasteiger partial charge on any atom is 0.522 e. The van der Waals surface area contributed by atoms with Crippen LogP contribution in [0.1, 0.15) is 80.1 Å². The summed E-state index contributed by atoms with van der Waals surface area (Å²) in [4.78, 5) is 0. The Balaban J connectivity index is 4.05. The predicted molar refractivity (Wildman–Crippen MR) is 95.8 cm³/mol. The molecule has 0 radical (unpaired) electrons. The fourth-order valence-electron chi connectivity index (χ4n) is 2.80. The van der Waals surface area contributed by atoms with E-state index < -0.39 is 12.5 Å². The van der Waals surface area contributed by atoms with Gasteiger partial charge >= 0.3 is 6.36 Å². The maximum atomic E-state index is 12.1. The lowest BCUT2D eigenvalue weighted by Gasteiger charge is -2.23. The first-order valence-electron chi connectivity index (χ1n) is 9.34. The summed E-state index contributed by atoms with van der Waals surface area (Å²) in [7, 11) is 0. The summed E-state index contributed by atoms with van der Waals surface area (Å²) in [5.74, 6) is 2.34. The molecular weight excluding hydrogens is 313 g/mol. The van der Waals surface area contributed by atoms with Gasteiger partial charge < -0.3 is 0 Å². The number of rotatable bonds is 12. The molecule has 4 heteroatoms. The van der Waals surface area contributed by atoms with Gasteiger partial charge in [-0.1, -0.05) is 59.6 Å². The minimum atomic E-state index is -4.54. The SMILES string of the molecule is C=C(CCC(C)C(C)CCC(C)C)C(C)CCC(C)OC(F)(F)F. The second kappa shape index (κ2) is 11.2. The quantitative estimate of drug-likeness (QED) is 0.334. The van der Waals surface area contributed by atoms with Crippen molar-refractivity contribution in [1.82, 2.24) is 0 Å². The minimum Gasteiger partial charge on any atom is -0.289 e. The van der Waals surface area contributed by atoms with E-state index in [1.54, 1.807) is 0 Å². The van der Waals surface area contributed by atoms with E-state index in [4.69, 9.17) is 0 Å². The van der Waals surface area contributed by atoms with Gasteiger partial charge in [0.15, 0.2) is 0 Å². The van der Waals surface area contributed by atoms with Crippen LogP contribution in [0.15, 0.2) is 12.2 Å². The largest absolute Gasteiger partial charge is 0.522 e. The molecule has 0 aromatic rings. The van der Waals surface area contributed by atoms with E-state index in [0.29, 0.717) is 24.7 Å². The van der Waals surface area contributed by atoms with E-state index in [0.717, 1.165) is 24.3 Å². The molecule has 0 heterocycles. The molecule has 4 unspecified atom stereocenters. The van der Waals surface area contributed by atoms with Crippen molar-refractivity contribution in [2.45, 2.75) is 92.5 Å². The number of hydrogen-bond acceptors (Lipinski definition) is 1. The topological polar surface area (TPSA) is 9.23 Å². The number of hydrogen-bond donors (Lipinski definition) is 0.